The number of ether oxygens (including phenoxy) is 1. The molecule has 102 valence electrons. The lowest BCUT2D eigenvalue weighted by Crippen LogP contribution is -2.51. The molecule has 1 saturated carbocycles. The zero-order valence-corrected chi connectivity index (χ0v) is 11.4. The fraction of sp³-hybridized carbons (Fsp3) is 0.467. The van der Waals surface area contributed by atoms with E-state index in [2.05, 4.69) is 4.74 Å². The Morgan fingerprint density at radius 3 is 2.37 bits per heavy atom. The molecule has 0 unspecified atom stereocenters. The van der Waals surface area contributed by atoms with E-state index in [1.807, 2.05) is 30.3 Å². The topological polar surface area (TPSA) is 46.6 Å². The van der Waals surface area contributed by atoms with Crippen molar-refractivity contribution in [2.45, 2.75) is 24.7 Å². The fourth-order valence-corrected chi connectivity index (χ4v) is 2.61. The number of benzene rings is 1. The van der Waals surface area contributed by atoms with Crippen LogP contribution in [0, 0.1) is 0 Å². The number of hydrogen-bond donors (Lipinski definition) is 0. The van der Waals surface area contributed by atoms with Crippen molar-refractivity contribution < 1.29 is 14.3 Å². The molecule has 1 amide bonds. The Balaban J connectivity index is 2.18. The van der Waals surface area contributed by atoms with E-state index >= 15 is 0 Å². The molecule has 0 spiro atoms. The average Bonchev–Trinajstić information content (AvgIpc) is 2.38. The van der Waals surface area contributed by atoms with E-state index in [9.17, 15) is 9.59 Å². The smallest absolute Gasteiger partial charge is 0.325 e. The first-order valence-electron chi connectivity index (χ1n) is 6.48. The second-order valence-corrected chi connectivity index (χ2v) is 5.04. The van der Waals surface area contributed by atoms with Crippen LogP contribution in [-0.4, -0.2) is 37.5 Å². The van der Waals surface area contributed by atoms with Crippen LogP contribution in [0.5, 0.6) is 0 Å². The summed E-state index contributed by atoms with van der Waals surface area (Å²) >= 11 is 0. The van der Waals surface area contributed by atoms with Gasteiger partial charge in [-0.2, -0.15) is 0 Å². The molecule has 1 aliphatic rings. The van der Waals surface area contributed by atoms with Crippen LogP contribution >= 0.6 is 0 Å². The van der Waals surface area contributed by atoms with Crippen LogP contribution in [-0.2, 0) is 19.7 Å². The Labute approximate surface area is 113 Å². The van der Waals surface area contributed by atoms with Gasteiger partial charge in [0, 0.05) is 7.05 Å². The Morgan fingerprint density at radius 2 is 1.89 bits per heavy atom. The Hall–Kier alpha value is -1.84. The van der Waals surface area contributed by atoms with Gasteiger partial charge in [0.2, 0.25) is 5.91 Å². The molecule has 0 N–H and O–H groups in total. The van der Waals surface area contributed by atoms with E-state index in [4.69, 9.17) is 0 Å². The van der Waals surface area contributed by atoms with Gasteiger partial charge in [0.05, 0.1) is 12.5 Å². The quantitative estimate of drug-likeness (QED) is 0.776. The maximum Gasteiger partial charge on any atom is 0.325 e. The second kappa shape index (κ2) is 5.43. The van der Waals surface area contributed by atoms with E-state index in [0.717, 1.165) is 24.8 Å². The summed E-state index contributed by atoms with van der Waals surface area (Å²) in [5.41, 5.74) is 0.604. The Kier molecular flexibility index (Phi) is 3.88. The van der Waals surface area contributed by atoms with Crippen LogP contribution in [0.2, 0.25) is 0 Å². The van der Waals surface area contributed by atoms with Gasteiger partial charge < -0.3 is 9.64 Å². The number of hydrogen-bond acceptors (Lipinski definition) is 3. The highest BCUT2D eigenvalue weighted by atomic mass is 16.5. The maximum atomic E-state index is 12.6. The second-order valence-electron chi connectivity index (χ2n) is 5.04. The van der Waals surface area contributed by atoms with Crippen molar-refractivity contribution in [3.05, 3.63) is 35.9 Å². The highest BCUT2D eigenvalue weighted by Crippen LogP contribution is 2.44. The largest absolute Gasteiger partial charge is 0.468 e. The standard InChI is InChI=1S/C15H19NO3/c1-16(11-13(17)19-2)14(18)15(9-6-10-15)12-7-4-3-5-8-12/h3-5,7-8H,6,9-11H2,1-2H3. The predicted molar refractivity (Wildman–Crippen MR) is 71.6 cm³/mol. The summed E-state index contributed by atoms with van der Waals surface area (Å²) in [5.74, 6) is -0.381. The molecular formula is C15H19NO3. The van der Waals surface area contributed by atoms with Gasteiger partial charge in [-0.3, -0.25) is 9.59 Å². The molecule has 4 heteroatoms. The number of rotatable bonds is 4. The van der Waals surface area contributed by atoms with Crippen LogP contribution in [0.1, 0.15) is 24.8 Å². The fourth-order valence-electron chi connectivity index (χ4n) is 2.61. The monoisotopic (exact) mass is 261 g/mol. The van der Waals surface area contributed by atoms with Crippen molar-refractivity contribution in [3.8, 4) is 0 Å². The summed E-state index contributed by atoms with van der Waals surface area (Å²) in [6.07, 6.45) is 2.75. The molecule has 0 aromatic heterocycles. The van der Waals surface area contributed by atoms with Crippen molar-refractivity contribution in [3.63, 3.8) is 0 Å². The Bertz CT molecular complexity index is 466. The first-order chi connectivity index (χ1) is 9.10. The minimum atomic E-state index is -0.440. The number of amides is 1. The lowest BCUT2D eigenvalue weighted by atomic mass is 9.63. The van der Waals surface area contributed by atoms with Gasteiger partial charge in [-0.25, -0.2) is 0 Å². The molecule has 0 radical (unpaired) electrons. The van der Waals surface area contributed by atoms with E-state index < -0.39 is 11.4 Å². The van der Waals surface area contributed by atoms with Crippen LogP contribution in [0.15, 0.2) is 30.3 Å². The third kappa shape index (κ3) is 2.48. The lowest BCUT2D eigenvalue weighted by Gasteiger charge is -2.42. The van der Waals surface area contributed by atoms with Crippen molar-refractivity contribution in [1.29, 1.82) is 0 Å². The van der Waals surface area contributed by atoms with Gasteiger partial charge in [0.1, 0.15) is 6.54 Å². The van der Waals surface area contributed by atoms with Gasteiger partial charge in [-0.15, -0.1) is 0 Å². The molecular weight excluding hydrogens is 242 g/mol. The number of nitrogens with zero attached hydrogens (tertiary/aromatic N) is 1. The van der Waals surface area contributed by atoms with Crippen molar-refractivity contribution in [2.75, 3.05) is 20.7 Å². The van der Waals surface area contributed by atoms with E-state index in [-0.39, 0.29) is 12.5 Å². The van der Waals surface area contributed by atoms with E-state index in [1.54, 1.807) is 7.05 Å². The van der Waals surface area contributed by atoms with Gasteiger partial charge in [-0.1, -0.05) is 36.8 Å². The van der Waals surface area contributed by atoms with Crippen LogP contribution in [0.25, 0.3) is 0 Å². The lowest BCUT2D eigenvalue weighted by molar-refractivity contribution is -0.149. The summed E-state index contributed by atoms with van der Waals surface area (Å²) in [6.45, 7) is 0.00389. The molecule has 4 nitrogen and oxygen atoms in total. The number of carbonyl (C=O) groups is 2. The zero-order chi connectivity index (χ0) is 13.9. The first kappa shape index (κ1) is 13.6. The molecule has 2 rings (SSSR count). The Morgan fingerprint density at radius 1 is 1.26 bits per heavy atom. The van der Waals surface area contributed by atoms with E-state index in [1.165, 1.54) is 12.0 Å². The molecule has 1 aromatic rings. The van der Waals surface area contributed by atoms with Gasteiger partial charge >= 0.3 is 5.97 Å². The molecule has 0 aliphatic heterocycles. The molecule has 1 aliphatic carbocycles. The van der Waals surface area contributed by atoms with Crippen molar-refractivity contribution in [1.82, 2.24) is 4.90 Å². The minimum Gasteiger partial charge on any atom is -0.468 e. The van der Waals surface area contributed by atoms with Crippen LogP contribution < -0.4 is 0 Å². The number of likely N-dealkylation sites (N-methyl/N-ethyl adjacent to an activating group) is 1. The van der Waals surface area contributed by atoms with Crippen molar-refractivity contribution >= 4 is 11.9 Å². The molecule has 0 bridgehead atoms. The normalized spacial score (nSPS) is 16.3. The number of esters is 1. The highest BCUT2D eigenvalue weighted by Gasteiger charge is 2.47. The summed E-state index contributed by atoms with van der Waals surface area (Å²) in [4.78, 5) is 25.4. The predicted octanol–water partition coefficient (Wildman–Crippen LogP) is 1.74. The summed E-state index contributed by atoms with van der Waals surface area (Å²) < 4.78 is 4.61. The minimum absolute atomic E-state index is 0.00389. The van der Waals surface area contributed by atoms with Crippen LogP contribution in [0.3, 0.4) is 0 Å². The summed E-state index contributed by atoms with van der Waals surface area (Å²) in [6, 6.07) is 9.82. The molecule has 1 fully saturated rings. The maximum absolute atomic E-state index is 12.6. The van der Waals surface area contributed by atoms with Crippen LogP contribution in [0.4, 0.5) is 0 Å². The molecule has 0 heterocycles. The first-order valence-corrected chi connectivity index (χ1v) is 6.48. The van der Waals surface area contributed by atoms with Gasteiger partial charge in [-0.05, 0) is 18.4 Å². The summed E-state index contributed by atoms with van der Waals surface area (Å²) in [5, 5.41) is 0. The molecule has 0 atom stereocenters. The molecule has 1 aromatic carbocycles. The molecule has 19 heavy (non-hydrogen) atoms. The third-order valence-electron chi connectivity index (χ3n) is 3.88. The molecule has 0 saturated heterocycles. The highest BCUT2D eigenvalue weighted by molar-refractivity contribution is 5.91. The van der Waals surface area contributed by atoms with Crippen molar-refractivity contribution in [2.24, 2.45) is 0 Å². The van der Waals surface area contributed by atoms with Gasteiger partial charge in [0.25, 0.3) is 0 Å². The summed E-state index contributed by atoms with van der Waals surface area (Å²) in [7, 11) is 2.99. The third-order valence-corrected chi connectivity index (χ3v) is 3.88. The number of carbonyl (C=O) groups excluding carboxylic acids is 2. The zero-order valence-electron chi connectivity index (χ0n) is 11.4. The number of methoxy groups -OCH3 is 1. The van der Waals surface area contributed by atoms with Gasteiger partial charge in [0.15, 0.2) is 0 Å². The average molecular weight is 261 g/mol. The SMILES string of the molecule is COC(=O)CN(C)C(=O)C1(c2ccccc2)CCC1. The van der Waals surface area contributed by atoms with E-state index in [0.29, 0.717) is 0 Å².